The second-order valence-corrected chi connectivity index (χ2v) is 13.2. The van der Waals surface area contributed by atoms with Crippen molar-refractivity contribution in [3.8, 4) is 22.4 Å². The second kappa shape index (κ2) is 18.5. The monoisotopic (exact) mass is 640 g/mol. The third-order valence-corrected chi connectivity index (χ3v) is 9.18. The summed E-state index contributed by atoms with van der Waals surface area (Å²) in [6.45, 7) is 10.3. The maximum Gasteiger partial charge on any atom is 0.306 e. The van der Waals surface area contributed by atoms with E-state index >= 15 is 0 Å². The van der Waals surface area contributed by atoms with Gasteiger partial charge < -0.3 is 15.2 Å². The van der Waals surface area contributed by atoms with Crippen LogP contribution in [0.25, 0.3) is 22.4 Å². The van der Waals surface area contributed by atoms with Gasteiger partial charge in [-0.25, -0.2) is 0 Å². The number of allylic oxidation sites excluding steroid dienone is 3. The molecule has 2 aromatic carbocycles. The van der Waals surface area contributed by atoms with Crippen LogP contribution in [0, 0.1) is 23.7 Å². The van der Waals surface area contributed by atoms with Crippen molar-refractivity contribution >= 4 is 11.8 Å². The fourth-order valence-corrected chi connectivity index (χ4v) is 6.38. The number of carbonyl (C=O) groups is 2. The van der Waals surface area contributed by atoms with E-state index in [4.69, 9.17) is 4.74 Å². The Morgan fingerprint density at radius 2 is 1.68 bits per heavy atom. The third-order valence-electron chi connectivity index (χ3n) is 9.18. The molecule has 0 aliphatic carbocycles. The lowest BCUT2D eigenvalue weighted by atomic mass is 9.83. The van der Waals surface area contributed by atoms with Gasteiger partial charge in [0, 0.05) is 30.4 Å². The van der Waals surface area contributed by atoms with E-state index < -0.39 is 0 Å². The summed E-state index contributed by atoms with van der Waals surface area (Å²) in [6, 6.07) is 18.7. The molecule has 4 rings (SSSR count). The second-order valence-electron chi connectivity index (χ2n) is 13.2. The Morgan fingerprint density at radius 3 is 2.40 bits per heavy atom. The topological polar surface area (TPSA) is 106 Å². The van der Waals surface area contributed by atoms with Crippen LogP contribution in [0.5, 0.6) is 0 Å². The molecule has 0 saturated carbocycles. The van der Waals surface area contributed by atoms with Gasteiger partial charge in [0.05, 0.1) is 19.3 Å². The van der Waals surface area contributed by atoms with E-state index in [1.807, 2.05) is 62.0 Å². The molecule has 2 N–H and O–H groups in total. The normalized spacial score (nSPS) is 25.1. The van der Waals surface area contributed by atoms with E-state index in [9.17, 15) is 14.7 Å². The molecule has 3 aromatic rings. The molecule has 8 nitrogen and oxygen atoms in total. The average molecular weight is 641 g/mol. The number of nitrogens with zero attached hydrogens (tertiary/aromatic N) is 3. The summed E-state index contributed by atoms with van der Waals surface area (Å²) in [5.41, 5.74) is 5.13. The van der Waals surface area contributed by atoms with E-state index in [1.54, 1.807) is 6.08 Å². The maximum atomic E-state index is 13.0. The molecule has 1 aliphatic heterocycles. The molecule has 47 heavy (non-hydrogen) atoms. The zero-order valence-corrected chi connectivity index (χ0v) is 28.5. The van der Waals surface area contributed by atoms with Crippen LogP contribution < -0.4 is 5.32 Å². The number of hydrogen-bond acceptors (Lipinski definition) is 7. The number of aliphatic hydroxyl groups excluding tert-OH is 1. The molecule has 252 valence electrons. The van der Waals surface area contributed by atoms with E-state index in [1.165, 1.54) is 11.1 Å². The van der Waals surface area contributed by atoms with Crippen LogP contribution in [0.3, 0.4) is 0 Å². The highest BCUT2D eigenvalue weighted by Gasteiger charge is 2.24. The van der Waals surface area contributed by atoms with E-state index in [-0.39, 0.29) is 36.3 Å². The first-order valence-electron chi connectivity index (χ1n) is 17.2. The Hall–Kier alpha value is -3.88. The number of carbonyl (C=O) groups excluding carboxylic acids is 2. The molecular formula is C39H52N4O4. The molecule has 0 amide bonds. The highest BCUT2D eigenvalue weighted by Crippen LogP contribution is 2.28. The predicted octanol–water partition coefficient (Wildman–Crippen LogP) is 7.06. The lowest BCUT2D eigenvalue weighted by Gasteiger charge is -2.25. The molecule has 0 unspecified atom stereocenters. The standard InChI is InChI=1S/C39H52N4O4/c1-5-38-35(27-44)24-29(3)11-17-37(45)30(4)25-31(23-28(2)12-18-39(46)47-38)19-20-40-21-22-43-26-36(41-42-43)34-15-13-33(14-16-34)32-9-7-6-8-10-32/h6-11,13-17,24,26,28,30-31,35,38,40,44H,5,12,18-23,25,27H2,1-4H3/b17-11+,29-24+/t28-,30+,31+,35+,38+/m0/s1. The average Bonchev–Trinajstić information content (AvgIpc) is 3.56. The summed E-state index contributed by atoms with van der Waals surface area (Å²) >= 11 is 0. The van der Waals surface area contributed by atoms with Crippen LogP contribution in [-0.4, -0.2) is 57.7 Å². The fourth-order valence-electron chi connectivity index (χ4n) is 6.38. The van der Waals surface area contributed by atoms with Crippen LogP contribution >= 0.6 is 0 Å². The number of rotatable bonds is 10. The fraction of sp³-hybridized carbons (Fsp3) is 0.487. The number of nitrogens with one attached hydrogen (secondary N) is 1. The number of benzene rings is 2. The number of hydrogen-bond donors (Lipinski definition) is 2. The van der Waals surface area contributed by atoms with Gasteiger partial charge in [0.1, 0.15) is 11.8 Å². The van der Waals surface area contributed by atoms with Crippen molar-refractivity contribution in [1.29, 1.82) is 0 Å². The zero-order valence-electron chi connectivity index (χ0n) is 28.5. The van der Waals surface area contributed by atoms with Gasteiger partial charge in [-0.3, -0.25) is 14.3 Å². The SMILES string of the molecule is CC[C@H]1OC(=O)CC[C@H](C)C[C@@H](CCNCCn2cc(-c3ccc(-c4ccccc4)cc3)nn2)C[C@@H](C)C(=O)/C=C/C(C)=C/[C@@H]1CO. The van der Waals surface area contributed by atoms with Crippen LogP contribution in [0.2, 0.25) is 0 Å². The summed E-state index contributed by atoms with van der Waals surface area (Å²) in [5, 5.41) is 22.2. The van der Waals surface area contributed by atoms with E-state index in [2.05, 4.69) is 59.0 Å². The molecule has 8 heteroatoms. The van der Waals surface area contributed by atoms with Crippen LogP contribution in [-0.2, 0) is 20.9 Å². The van der Waals surface area contributed by atoms with Gasteiger partial charge in [-0.2, -0.15) is 0 Å². The molecule has 0 fully saturated rings. The van der Waals surface area contributed by atoms with Crippen LogP contribution in [0.4, 0.5) is 0 Å². The largest absolute Gasteiger partial charge is 0.462 e. The lowest BCUT2D eigenvalue weighted by Crippen LogP contribution is -2.28. The summed E-state index contributed by atoms with van der Waals surface area (Å²) in [5.74, 6) is 0.187. The highest BCUT2D eigenvalue weighted by molar-refractivity contribution is 5.91. The van der Waals surface area contributed by atoms with E-state index in [0.717, 1.165) is 55.6 Å². The van der Waals surface area contributed by atoms with Crippen molar-refractivity contribution in [1.82, 2.24) is 20.3 Å². The van der Waals surface area contributed by atoms with Crippen molar-refractivity contribution in [2.24, 2.45) is 23.7 Å². The Kier molecular flexibility index (Phi) is 14.1. The maximum absolute atomic E-state index is 13.0. The van der Waals surface area contributed by atoms with Gasteiger partial charge >= 0.3 is 5.97 Å². The Labute approximate surface area is 280 Å². The Morgan fingerprint density at radius 1 is 0.957 bits per heavy atom. The number of aromatic nitrogens is 3. The minimum absolute atomic E-state index is 0.0959. The number of ketones is 1. The minimum Gasteiger partial charge on any atom is -0.462 e. The smallest absolute Gasteiger partial charge is 0.306 e. The van der Waals surface area contributed by atoms with Gasteiger partial charge in [0.2, 0.25) is 0 Å². The lowest BCUT2D eigenvalue weighted by molar-refractivity contribution is -0.152. The molecule has 0 saturated heterocycles. The number of aliphatic hydroxyl groups is 1. The number of cyclic esters (lactones) is 1. The first-order valence-corrected chi connectivity index (χ1v) is 17.2. The van der Waals surface area contributed by atoms with E-state index in [0.29, 0.717) is 31.2 Å². The quantitative estimate of drug-likeness (QED) is 0.181. The van der Waals surface area contributed by atoms with Crippen LogP contribution in [0.15, 0.2) is 84.6 Å². The molecule has 1 aromatic heterocycles. The predicted molar refractivity (Wildman–Crippen MR) is 187 cm³/mol. The molecular weight excluding hydrogens is 588 g/mol. The minimum atomic E-state index is -0.386. The molecule has 0 radical (unpaired) electrons. The molecule has 5 atom stereocenters. The molecule has 0 bridgehead atoms. The highest BCUT2D eigenvalue weighted by atomic mass is 16.5. The van der Waals surface area contributed by atoms with Crippen molar-refractivity contribution in [2.75, 3.05) is 19.7 Å². The zero-order chi connectivity index (χ0) is 33.6. The van der Waals surface area contributed by atoms with Crippen molar-refractivity contribution in [2.45, 2.75) is 78.9 Å². The van der Waals surface area contributed by atoms with Gasteiger partial charge in [0.25, 0.3) is 0 Å². The Balaban J connectivity index is 1.30. The van der Waals surface area contributed by atoms with Crippen molar-refractivity contribution in [3.63, 3.8) is 0 Å². The van der Waals surface area contributed by atoms with Gasteiger partial charge in [-0.15, -0.1) is 5.10 Å². The van der Waals surface area contributed by atoms with Gasteiger partial charge in [-0.05, 0) is 74.6 Å². The van der Waals surface area contributed by atoms with Crippen molar-refractivity contribution < 1.29 is 19.4 Å². The van der Waals surface area contributed by atoms with Gasteiger partial charge in [-0.1, -0.05) is 98.3 Å². The number of esters is 1. The molecule has 2 heterocycles. The summed E-state index contributed by atoms with van der Waals surface area (Å²) < 4.78 is 7.66. The molecule has 1 aliphatic rings. The first kappa shape index (κ1) is 36.0. The summed E-state index contributed by atoms with van der Waals surface area (Å²) in [7, 11) is 0. The Bertz CT molecular complexity index is 1460. The first-order chi connectivity index (χ1) is 22.7. The molecule has 0 spiro atoms. The van der Waals surface area contributed by atoms with Gasteiger partial charge in [0.15, 0.2) is 5.78 Å². The van der Waals surface area contributed by atoms with Crippen LogP contribution in [0.1, 0.15) is 66.2 Å². The number of ether oxygens (including phenoxy) is 1. The summed E-state index contributed by atoms with van der Waals surface area (Å²) in [4.78, 5) is 25.8. The third kappa shape index (κ3) is 11.4. The summed E-state index contributed by atoms with van der Waals surface area (Å²) in [6.07, 6.45) is 11.4. The van der Waals surface area contributed by atoms with Crippen molar-refractivity contribution in [3.05, 3.63) is 84.6 Å².